The number of aliphatic hydroxyl groups is 1. The molecule has 0 spiro atoms. The number of para-hydroxylation sites is 1. The van der Waals surface area contributed by atoms with E-state index < -0.39 is 6.29 Å². The van der Waals surface area contributed by atoms with Crippen LogP contribution in [0.3, 0.4) is 0 Å². The summed E-state index contributed by atoms with van der Waals surface area (Å²) in [5.41, 5.74) is 6.66. The van der Waals surface area contributed by atoms with Gasteiger partial charge in [0, 0.05) is 61.7 Å². The lowest BCUT2D eigenvalue weighted by Crippen LogP contribution is -2.48. The quantitative estimate of drug-likeness (QED) is 0.133. The summed E-state index contributed by atoms with van der Waals surface area (Å²) in [7, 11) is 6.73. The molecule has 4 aliphatic rings. The van der Waals surface area contributed by atoms with Crippen molar-refractivity contribution >= 4 is 16.9 Å². The number of fused-ring (bicyclic) bond motifs is 5. The van der Waals surface area contributed by atoms with E-state index >= 15 is 4.79 Å². The molecule has 0 unspecified atom stereocenters. The van der Waals surface area contributed by atoms with Crippen molar-refractivity contribution in [2.24, 2.45) is 17.8 Å². The number of aliphatic hydroxyl groups excluding tert-OH is 1. The first-order valence-corrected chi connectivity index (χ1v) is 21.5. The molecule has 4 aromatic rings. The molecule has 59 heavy (non-hydrogen) atoms. The number of hydrogen-bond acceptors (Lipinski definition) is 10. The first-order valence-electron chi connectivity index (χ1n) is 21.5. The second-order valence-electron chi connectivity index (χ2n) is 16.5. The Morgan fingerprint density at radius 1 is 0.847 bits per heavy atom. The van der Waals surface area contributed by atoms with Crippen LogP contribution < -0.4 is 18.9 Å². The van der Waals surface area contributed by atoms with Gasteiger partial charge in [-0.3, -0.25) is 9.69 Å². The summed E-state index contributed by atoms with van der Waals surface area (Å²) in [6, 6.07) is 16.5. The lowest BCUT2D eigenvalue weighted by molar-refractivity contribution is -0.171. The third kappa shape index (κ3) is 7.77. The molecule has 1 fully saturated rings. The van der Waals surface area contributed by atoms with Crippen molar-refractivity contribution in [2.75, 3.05) is 61.3 Å². The number of ether oxygens (including phenoxy) is 6. The summed E-state index contributed by atoms with van der Waals surface area (Å²) in [5, 5.41) is 10.9. The molecule has 316 valence electrons. The van der Waals surface area contributed by atoms with Crippen molar-refractivity contribution in [3.8, 4) is 23.0 Å². The van der Waals surface area contributed by atoms with Gasteiger partial charge in [0.25, 0.3) is 5.91 Å². The Kier molecular flexibility index (Phi) is 12.4. The number of piperidine rings is 1. The van der Waals surface area contributed by atoms with Crippen molar-refractivity contribution in [1.29, 1.82) is 0 Å². The molecule has 11 heteroatoms. The Morgan fingerprint density at radius 3 is 2.22 bits per heavy atom. The van der Waals surface area contributed by atoms with Crippen LogP contribution in [0.15, 0.2) is 71.0 Å². The summed E-state index contributed by atoms with van der Waals surface area (Å²) >= 11 is 0. The van der Waals surface area contributed by atoms with E-state index in [1.54, 1.807) is 34.7 Å². The third-order valence-electron chi connectivity index (χ3n) is 13.6. The van der Waals surface area contributed by atoms with Gasteiger partial charge in [0.1, 0.15) is 5.58 Å². The number of benzene rings is 3. The van der Waals surface area contributed by atoms with Crippen molar-refractivity contribution in [2.45, 2.75) is 83.1 Å². The van der Waals surface area contributed by atoms with Gasteiger partial charge >= 0.3 is 0 Å². The van der Waals surface area contributed by atoms with Gasteiger partial charge in [-0.1, -0.05) is 31.5 Å². The normalized spacial score (nSPS) is 25.3. The number of allylic oxidation sites excluding steroid dienone is 1. The van der Waals surface area contributed by atoms with Crippen LogP contribution in [0.1, 0.15) is 91.8 Å². The van der Waals surface area contributed by atoms with Crippen LogP contribution in [0, 0.1) is 17.8 Å². The number of amides is 1. The molecule has 11 nitrogen and oxygen atoms in total. The van der Waals surface area contributed by atoms with Gasteiger partial charge in [-0.05, 0) is 116 Å². The molecular weight excluding hydrogens is 749 g/mol. The highest BCUT2D eigenvalue weighted by Crippen LogP contribution is 2.50. The molecule has 1 N–H and O–H groups in total. The van der Waals surface area contributed by atoms with Crippen LogP contribution in [0.5, 0.6) is 23.0 Å². The van der Waals surface area contributed by atoms with E-state index in [2.05, 4.69) is 42.2 Å². The Hall–Kier alpha value is -4.71. The maximum atomic E-state index is 15.3. The number of furan rings is 1. The van der Waals surface area contributed by atoms with Crippen molar-refractivity contribution in [3.05, 3.63) is 94.4 Å². The molecule has 5 heterocycles. The summed E-state index contributed by atoms with van der Waals surface area (Å²) < 4.78 is 42.2. The maximum Gasteiger partial charge on any atom is 0.289 e. The third-order valence-corrected chi connectivity index (χ3v) is 13.6. The highest BCUT2D eigenvalue weighted by molar-refractivity contribution is 5.93. The van der Waals surface area contributed by atoms with Crippen LogP contribution in [0.25, 0.3) is 11.0 Å². The lowest BCUT2D eigenvalue weighted by atomic mass is 9.72. The van der Waals surface area contributed by atoms with E-state index in [1.165, 1.54) is 16.7 Å². The molecule has 1 amide bonds. The van der Waals surface area contributed by atoms with E-state index in [1.807, 2.05) is 36.1 Å². The van der Waals surface area contributed by atoms with E-state index in [9.17, 15) is 5.11 Å². The number of carbonyl (C=O) groups is 1. The zero-order chi connectivity index (χ0) is 41.2. The Bertz CT molecular complexity index is 2150. The summed E-state index contributed by atoms with van der Waals surface area (Å²) in [5.74, 6) is 3.41. The predicted octanol–water partition coefficient (Wildman–Crippen LogP) is 8.38. The van der Waals surface area contributed by atoms with Crippen LogP contribution in [-0.2, 0) is 27.1 Å². The number of nitrogens with zero attached hydrogens (tertiary/aromatic N) is 2. The van der Waals surface area contributed by atoms with E-state index in [-0.39, 0.29) is 42.2 Å². The topological polar surface area (TPSA) is 112 Å². The minimum atomic E-state index is -0.676. The average Bonchev–Trinajstić information content (AvgIpc) is 3.71. The largest absolute Gasteiger partial charge is 0.493 e. The fourth-order valence-corrected chi connectivity index (χ4v) is 10.6. The van der Waals surface area contributed by atoms with Gasteiger partial charge < -0.3 is 42.8 Å². The SMILES string of the molecule is CCO[C@H]1OC(C(=O)N2CCc3cc(OC)c(OC)cc3[C@H]2C[C@H]2C[C@H]3c4cc(OC)c(OC)cc4CCN3C[C@@H]2CC)=C[C@@H](c2coc3ccccc23)[C@@H]1CCCO. The van der Waals surface area contributed by atoms with Gasteiger partial charge in [0.2, 0.25) is 6.29 Å². The molecule has 8 rings (SSSR count). The monoisotopic (exact) mass is 808 g/mol. The number of carbonyl (C=O) groups excluding carboxylic acids is 1. The highest BCUT2D eigenvalue weighted by Gasteiger charge is 2.45. The first kappa shape index (κ1) is 41.0. The van der Waals surface area contributed by atoms with Gasteiger partial charge in [-0.15, -0.1) is 0 Å². The number of hydrogen-bond donors (Lipinski definition) is 1. The summed E-state index contributed by atoms with van der Waals surface area (Å²) in [6.07, 6.45) is 8.81. The Balaban J connectivity index is 1.18. The smallest absolute Gasteiger partial charge is 0.289 e. The first-order chi connectivity index (χ1) is 28.8. The van der Waals surface area contributed by atoms with Crippen LogP contribution in [0.4, 0.5) is 0 Å². The molecule has 0 aliphatic carbocycles. The molecule has 4 aliphatic heterocycles. The van der Waals surface area contributed by atoms with Crippen LogP contribution in [-0.4, -0.2) is 88.4 Å². The highest BCUT2D eigenvalue weighted by atomic mass is 16.7. The van der Waals surface area contributed by atoms with Crippen molar-refractivity contribution < 1.29 is 42.7 Å². The van der Waals surface area contributed by atoms with E-state index in [4.69, 9.17) is 32.8 Å². The van der Waals surface area contributed by atoms with Gasteiger partial charge in [0.05, 0.1) is 40.7 Å². The second kappa shape index (κ2) is 17.9. The minimum Gasteiger partial charge on any atom is -0.493 e. The minimum absolute atomic E-state index is 0.0542. The average molecular weight is 809 g/mol. The van der Waals surface area contributed by atoms with Gasteiger partial charge in [-0.25, -0.2) is 0 Å². The molecule has 7 atom stereocenters. The van der Waals surface area contributed by atoms with Crippen molar-refractivity contribution in [3.63, 3.8) is 0 Å². The lowest BCUT2D eigenvalue weighted by Gasteiger charge is -2.49. The maximum absolute atomic E-state index is 15.3. The molecule has 0 radical (unpaired) electrons. The molecule has 0 bridgehead atoms. The van der Waals surface area contributed by atoms with Crippen LogP contribution >= 0.6 is 0 Å². The Morgan fingerprint density at radius 2 is 1.53 bits per heavy atom. The zero-order valence-electron chi connectivity index (χ0n) is 35.4. The predicted molar refractivity (Wildman–Crippen MR) is 225 cm³/mol. The number of methoxy groups -OCH3 is 4. The van der Waals surface area contributed by atoms with Gasteiger partial charge in [0.15, 0.2) is 28.8 Å². The Labute approximate surface area is 348 Å². The van der Waals surface area contributed by atoms with Crippen LogP contribution in [0.2, 0.25) is 0 Å². The summed E-state index contributed by atoms with van der Waals surface area (Å²) in [4.78, 5) is 20.0. The second-order valence-corrected chi connectivity index (χ2v) is 16.5. The molecule has 0 saturated carbocycles. The van der Waals surface area contributed by atoms with Gasteiger partial charge in [-0.2, -0.15) is 0 Å². The van der Waals surface area contributed by atoms with E-state index in [0.717, 1.165) is 72.4 Å². The fraction of sp³-hybridized carbons (Fsp3) is 0.521. The number of rotatable bonds is 14. The van der Waals surface area contributed by atoms with E-state index in [0.29, 0.717) is 55.7 Å². The summed E-state index contributed by atoms with van der Waals surface area (Å²) in [6.45, 7) is 7.25. The molecule has 3 aromatic carbocycles. The molecule has 1 saturated heterocycles. The standard InChI is InChI=1S/C48H60N2O9/c1-7-29-27-49-17-15-30-22-42(53-3)44(55-5)24-35(30)39(49)20-32(29)21-40-36-25-45(56-6)43(54-4)23-31(36)16-18-50(40)47(52)46-26-37(34(13-11-19-51)48(59-46)57-8-2)38-28-58-41-14-10-9-12-33(38)41/h9-10,12,14,22-26,28-29,32,34,37,39-40,48,51H,7-8,11,13,15-21,27H2,1-6H3/t29-,32+,34-,37+,39-,40+,48-/m0/s1. The molecular formula is C48H60N2O9. The van der Waals surface area contributed by atoms with Crippen molar-refractivity contribution in [1.82, 2.24) is 9.80 Å². The fourth-order valence-electron chi connectivity index (χ4n) is 10.6. The molecule has 1 aromatic heterocycles. The zero-order valence-corrected chi connectivity index (χ0v) is 35.4.